The molecule has 0 spiro atoms. The normalized spacial score (nSPS) is 11.0. The molecule has 2 heterocycles. The first kappa shape index (κ1) is 18.4. The molecule has 142 valence electrons. The molecule has 0 bridgehead atoms. The number of anilines is 1. The molecular weight excluding hydrogens is 394 g/mol. The highest BCUT2D eigenvalue weighted by Gasteiger charge is 2.14. The van der Waals surface area contributed by atoms with Gasteiger partial charge in [0.2, 0.25) is 5.91 Å². The van der Waals surface area contributed by atoms with Gasteiger partial charge < -0.3 is 15.8 Å². The van der Waals surface area contributed by atoms with Gasteiger partial charge in [-0.25, -0.2) is 4.98 Å². The summed E-state index contributed by atoms with van der Waals surface area (Å²) in [6, 6.07) is 11.0. The highest BCUT2D eigenvalue weighted by Crippen LogP contribution is 2.38. The van der Waals surface area contributed by atoms with Crippen molar-refractivity contribution in [1.29, 1.82) is 0 Å². The Morgan fingerprint density at radius 1 is 1.25 bits per heavy atom. The number of aryl methyl sites for hydroxylation is 1. The number of nitrogens with two attached hydrogens (primary N) is 1. The van der Waals surface area contributed by atoms with Gasteiger partial charge in [-0.1, -0.05) is 18.2 Å². The summed E-state index contributed by atoms with van der Waals surface area (Å²) in [7, 11) is 0. The van der Waals surface area contributed by atoms with Gasteiger partial charge in [0.25, 0.3) is 5.91 Å². The molecule has 2 aromatic heterocycles. The number of nitrogens with zero attached hydrogens (tertiary/aromatic N) is 1. The molecule has 4 rings (SSSR count). The van der Waals surface area contributed by atoms with E-state index >= 15 is 0 Å². The van der Waals surface area contributed by atoms with Crippen molar-refractivity contribution in [2.24, 2.45) is 5.73 Å². The van der Waals surface area contributed by atoms with Gasteiger partial charge in [-0.3, -0.25) is 9.59 Å². The van der Waals surface area contributed by atoms with Crippen LogP contribution in [0.1, 0.15) is 10.6 Å². The average molecular weight is 412 g/mol. The number of hydrogen-bond acceptors (Lipinski definition) is 6. The van der Waals surface area contributed by atoms with E-state index in [0.717, 1.165) is 25.3 Å². The lowest BCUT2D eigenvalue weighted by atomic mass is 10.1. The van der Waals surface area contributed by atoms with Crippen molar-refractivity contribution in [1.82, 2.24) is 4.98 Å². The molecule has 0 aliphatic carbocycles. The molecule has 0 unspecified atom stereocenters. The van der Waals surface area contributed by atoms with Gasteiger partial charge in [-0.15, -0.1) is 22.7 Å². The van der Waals surface area contributed by atoms with Crippen LogP contribution in [0.3, 0.4) is 0 Å². The molecule has 0 fully saturated rings. The lowest BCUT2D eigenvalue weighted by Gasteiger charge is -2.11. The second-order valence-corrected chi connectivity index (χ2v) is 8.41. The van der Waals surface area contributed by atoms with Gasteiger partial charge >= 0.3 is 0 Å². The number of thiophene rings is 1. The Morgan fingerprint density at radius 3 is 2.89 bits per heavy atom. The highest BCUT2D eigenvalue weighted by atomic mass is 32.1. The molecule has 0 saturated heterocycles. The fraction of sp³-hybridized carbons (Fsp3) is 0.150. The Labute approximate surface area is 169 Å². The zero-order valence-electron chi connectivity index (χ0n) is 15.0. The molecule has 0 radical (unpaired) electrons. The molecule has 0 aliphatic rings. The number of primary amides is 1. The van der Waals surface area contributed by atoms with E-state index in [0.29, 0.717) is 17.0 Å². The first-order valence-corrected chi connectivity index (χ1v) is 10.3. The number of hydrogen-bond donors (Lipinski definition) is 2. The number of thiazole rings is 1. The van der Waals surface area contributed by atoms with Crippen molar-refractivity contribution in [3.8, 4) is 5.75 Å². The number of fused-ring (bicyclic) bond motifs is 3. The van der Waals surface area contributed by atoms with Gasteiger partial charge in [0.05, 0.1) is 26.3 Å². The second kappa shape index (κ2) is 7.57. The van der Waals surface area contributed by atoms with E-state index in [1.165, 1.54) is 0 Å². The SMILES string of the molecule is Cc1nc2c(cc(OCC(=O)Nc3ccccc3CC(N)=O)c3ccsc32)s1. The van der Waals surface area contributed by atoms with Crippen LogP contribution in [-0.4, -0.2) is 23.4 Å². The Bertz CT molecular complexity index is 1200. The molecule has 0 saturated carbocycles. The van der Waals surface area contributed by atoms with E-state index in [2.05, 4.69) is 10.3 Å². The molecule has 8 heteroatoms. The second-order valence-electron chi connectivity index (χ2n) is 6.25. The standard InChI is InChI=1S/C20H17N3O3S2/c1-11-22-19-16(28-11)9-15(13-6-7-27-20(13)19)26-10-18(25)23-14-5-3-2-4-12(14)8-17(21)24/h2-7,9H,8,10H2,1H3,(H2,21,24)(H,23,25). The number of para-hydroxylation sites is 1. The minimum absolute atomic E-state index is 0.0637. The maximum absolute atomic E-state index is 12.4. The first-order chi connectivity index (χ1) is 13.5. The molecule has 28 heavy (non-hydrogen) atoms. The number of amides is 2. The summed E-state index contributed by atoms with van der Waals surface area (Å²) in [5.41, 5.74) is 7.48. The van der Waals surface area contributed by atoms with Crippen LogP contribution in [0.25, 0.3) is 20.3 Å². The van der Waals surface area contributed by atoms with E-state index in [-0.39, 0.29) is 18.9 Å². The van der Waals surface area contributed by atoms with Crippen LogP contribution in [-0.2, 0) is 16.0 Å². The highest BCUT2D eigenvalue weighted by molar-refractivity contribution is 7.21. The van der Waals surface area contributed by atoms with E-state index < -0.39 is 5.91 Å². The first-order valence-electron chi connectivity index (χ1n) is 8.57. The van der Waals surface area contributed by atoms with Gasteiger partial charge in [-0.2, -0.15) is 0 Å². The van der Waals surface area contributed by atoms with Crippen molar-refractivity contribution in [3.63, 3.8) is 0 Å². The topological polar surface area (TPSA) is 94.3 Å². The van der Waals surface area contributed by atoms with E-state index in [1.54, 1.807) is 46.9 Å². The van der Waals surface area contributed by atoms with Crippen molar-refractivity contribution in [2.75, 3.05) is 11.9 Å². The molecule has 6 nitrogen and oxygen atoms in total. The number of carbonyl (C=O) groups excluding carboxylic acids is 2. The summed E-state index contributed by atoms with van der Waals surface area (Å²) >= 11 is 3.21. The number of ether oxygens (including phenoxy) is 1. The minimum atomic E-state index is -0.453. The predicted molar refractivity (Wildman–Crippen MR) is 113 cm³/mol. The molecular formula is C20H17N3O3S2. The molecule has 0 aliphatic heterocycles. The third kappa shape index (κ3) is 3.69. The van der Waals surface area contributed by atoms with Gasteiger partial charge in [0, 0.05) is 17.1 Å². The number of benzene rings is 2. The Hall–Kier alpha value is -2.97. The lowest BCUT2D eigenvalue weighted by molar-refractivity contribution is -0.118. The summed E-state index contributed by atoms with van der Waals surface area (Å²) in [4.78, 5) is 28.2. The van der Waals surface area contributed by atoms with Crippen LogP contribution in [0.4, 0.5) is 5.69 Å². The smallest absolute Gasteiger partial charge is 0.262 e. The van der Waals surface area contributed by atoms with Crippen LogP contribution in [0.15, 0.2) is 41.8 Å². The van der Waals surface area contributed by atoms with E-state index in [9.17, 15) is 9.59 Å². The fourth-order valence-electron chi connectivity index (χ4n) is 3.02. The van der Waals surface area contributed by atoms with Gasteiger partial charge in [-0.05, 0) is 30.0 Å². The zero-order valence-corrected chi connectivity index (χ0v) is 16.7. The summed E-state index contributed by atoms with van der Waals surface area (Å²) in [5.74, 6) is -0.0974. The molecule has 2 amide bonds. The molecule has 2 aromatic carbocycles. The Morgan fingerprint density at radius 2 is 2.07 bits per heavy atom. The molecule has 0 atom stereocenters. The van der Waals surface area contributed by atoms with Crippen molar-refractivity contribution >= 4 is 60.5 Å². The number of nitrogens with one attached hydrogen (secondary N) is 1. The Kier molecular flexibility index (Phi) is 4.97. The monoisotopic (exact) mass is 411 g/mol. The zero-order chi connectivity index (χ0) is 19.7. The predicted octanol–water partition coefficient (Wildman–Crippen LogP) is 3.86. The summed E-state index contributed by atoms with van der Waals surface area (Å²) in [6.45, 7) is 1.83. The van der Waals surface area contributed by atoms with Crippen LogP contribution < -0.4 is 15.8 Å². The van der Waals surface area contributed by atoms with Crippen LogP contribution in [0.2, 0.25) is 0 Å². The third-order valence-corrected chi connectivity index (χ3v) is 6.02. The maximum atomic E-state index is 12.4. The van der Waals surface area contributed by atoms with Gasteiger partial charge in [0.15, 0.2) is 6.61 Å². The van der Waals surface area contributed by atoms with Crippen molar-refractivity contribution in [2.45, 2.75) is 13.3 Å². The van der Waals surface area contributed by atoms with Gasteiger partial charge in [0.1, 0.15) is 5.75 Å². The number of carbonyl (C=O) groups is 2. The Balaban J connectivity index is 1.52. The van der Waals surface area contributed by atoms with E-state index in [4.69, 9.17) is 10.5 Å². The number of aromatic nitrogens is 1. The summed E-state index contributed by atoms with van der Waals surface area (Å²) < 4.78 is 7.93. The number of rotatable bonds is 6. The third-order valence-electron chi connectivity index (χ3n) is 4.18. The largest absolute Gasteiger partial charge is 0.483 e. The fourth-order valence-corrected chi connectivity index (χ4v) is 4.85. The molecule has 4 aromatic rings. The van der Waals surface area contributed by atoms with Crippen LogP contribution >= 0.6 is 22.7 Å². The van der Waals surface area contributed by atoms with Crippen molar-refractivity contribution in [3.05, 3.63) is 52.3 Å². The quantitative estimate of drug-likeness (QED) is 0.504. The van der Waals surface area contributed by atoms with E-state index in [1.807, 2.05) is 24.4 Å². The van der Waals surface area contributed by atoms with Crippen LogP contribution in [0.5, 0.6) is 5.75 Å². The molecule has 3 N–H and O–H groups in total. The summed E-state index contributed by atoms with van der Waals surface area (Å²) in [5, 5.41) is 6.72. The average Bonchev–Trinajstić information content (AvgIpc) is 3.26. The maximum Gasteiger partial charge on any atom is 0.262 e. The lowest BCUT2D eigenvalue weighted by Crippen LogP contribution is -2.22. The van der Waals surface area contributed by atoms with Crippen LogP contribution in [0, 0.1) is 6.92 Å². The summed E-state index contributed by atoms with van der Waals surface area (Å²) in [6.07, 6.45) is 0.0637. The minimum Gasteiger partial charge on any atom is -0.483 e. The van der Waals surface area contributed by atoms with Crippen molar-refractivity contribution < 1.29 is 14.3 Å².